The van der Waals surface area contributed by atoms with E-state index in [1.165, 1.54) is 0 Å². The monoisotopic (exact) mass is 345 g/mol. The van der Waals surface area contributed by atoms with Gasteiger partial charge in [-0.05, 0) is 37.1 Å². The van der Waals surface area contributed by atoms with Crippen LogP contribution in [0.4, 0.5) is 0 Å². The normalized spacial score (nSPS) is 14.5. The first-order valence-corrected chi connectivity index (χ1v) is 9.25. The molecule has 5 heteroatoms. The summed E-state index contributed by atoms with van der Waals surface area (Å²) in [5, 5.41) is 2.35. The summed E-state index contributed by atoms with van der Waals surface area (Å²) in [4.78, 5) is 12.4. The Balaban J connectivity index is 1.95. The van der Waals surface area contributed by atoms with Crippen LogP contribution in [-0.2, 0) is 21.3 Å². The number of rotatable bonds is 7. The van der Waals surface area contributed by atoms with Gasteiger partial charge in [0.1, 0.15) is 11.0 Å². The lowest BCUT2D eigenvalue weighted by molar-refractivity contribution is -0.121. The van der Waals surface area contributed by atoms with Crippen molar-refractivity contribution in [3.8, 4) is 5.75 Å². The fourth-order valence-corrected chi connectivity index (χ4v) is 3.39. The molecule has 0 saturated carbocycles. The molecular weight excluding hydrogens is 322 g/mol. The van der Waals surface area contributed by atoms with Gasteiger partial charge in [-0.15, -0.1) is 0 Å². The summed E-state index contributed by atoms with van der Waals surface area (Å²) in [6.45, 7) is 3.62. The number of methoxy groups -OCH3 is 1. The Labute approximate surface area is 145 Å². The van der Waals surface area contributed by atoms with Crippen molar-refractivity contribution in [1.29, 1.82) is 0 Å². The highest BCUT2D eigenvalue weighted by Crippen LogP contribution is 2.16. The van der Waals surface area contributed by atoms with E-state index >= 15 is 0 Å². The molecule has 2 aromatic rings. The molecule has 3 atom stereocenters. The highest BCUT2D eigenvalue weighted by molar-refractivity contribution is 7.85. The summed E-state index contributed by atoms with van der Waals surface area (Å²) in [6, 6.07) is 17.0. The molecule has 1 amide bonds. The average Bonchev–Trinajstić information content (AvgIpc) is 2.61. The zero-order valence-electron chi connectivity index (χ0n) is 14.2. The number of hydrogen-bond acceptors (Lipinski definition) is 3. The van der Waals surface area contributed by atoms with Gasteiger partial charge in [0.25, 0.3) is 0 Å². The Bertz CT molecular complexity index is 703. The molecular formula is C19H23NO3S. The van der Waals surface area contributed by atoms with Gasteiger partial charge >= 0.3 is 0 Å². The van der Waals surface area contributed by atoms with Crippen molar-refractivity contribution < 1.29 is 13.7 Å². The molecule has 0 heterocycles. The molecule has 0 fully saturated rings. The van der Waals surface area contributed by atoms with Crippen LogP contribution in [-0.4, -0.2) is 22.5 Å². The van der Waals surface area contributed by atoms with Gasteiger partial charge in [0.2, 0.25) is 5.91 Å². The Morgan fingerprint density at radius 2 is 1.83 bits per heavy atom. The van der Waals surface area contributed by atoms with Gasteiger partial charge in [-0.1, -0.05) is 42.5 Å². The molecule has 128 valence electrons. The Morgan fingerprint density at radius 1 is 1.12 bits per heavy atom. The third kappa shape index (κ3) is 4.93. The third-order valence-electron chi connectivity index (χ3n) is 3.86. The molecule has 0 bridgehead atoms. The maximum absolute atomic E-state index is 12.5. The lowest BCUT2D eigenvalue weighted by Crippen LogP contribution is -2.37. The van der Waals surface area contributed by atoms with E-state index in [4.69, 9.17) is 4.74 Å². The third-order valence-corrected chi connectivity index (χ3v) is 5.49. The summed E-state index contributed by atoms with van der Waals surface area (Å²) in [5.41, 5.74) is 1.92. The van der Waals surface area contributed by atoms with Crippen LogP contribution in [0.5, 0.6) is 5.75 Å². The smallest absolute Gasteiger partial charge is 0.235 e. The predicted molar refractivity (Wildman–Crippen MR) is 97.3 cm³/mol. The number of amides is 1. The lowest BCUT2D eigenvalue weighted by Gasteiger charge is -2.18. The average molecular weight is 345 g/mol. The molecule has 2 aromatic carbocycles. The predicted octanol–water partition coefficient (Wildman–Crippen LogP) is 3.21. The minimum Gasteiger partial charge on any atom is -0.497 e. The zero-order valence-corrected chi connectivity index (χ0v) is 15.0. The van der Waals surface area contributed by atoms with Crippen LogP contribution in [0.25, 0.3) is 0 Å². The first kappa shape index (κ1) is 18.2. The fraction of sp³-hybridized carbons (Fsp3) is 0.316. The van der Waals surface area contributed by atoms with Crippen LogP contribution in [0.3, 0.4) is 0 Å². The molecule has 2 rings (SSSR count). The number of nitrogens with one attached hydrogen (secondary N) is 1. The van der Waals surface area contributed by atoms with Gasteiger partial charge in [0.05, 0.1) is 13.2 Å². The highest BCUT2D eigenvalue weighted by Gasteiger charge is 2.22. The Morgan fingerprint density at radius 3 is 2.50 bits per heavy atom. The van der Waals surface area contributed by atoms with Crippen LogP contribution < -0.4 is 10.1 Å². The summed E-state index contributed by atoms with van der Waals surface area (Å²) < 4.78 is 17.6. The number of hydrogen-bond donors (Lipinski definition) is 1. The maximum atomic E-state index is 12.5. The first-order chi connectivity index (χ1) is 11.5. The highest BCUT2D eigenvalue weighted by atomic mass is 32.2. The van der Waals surface area contributed by atoms with E-state index in [2.05, 4.69) is 5.32 Å². The second-order valence-electron chi connectivity index (χ2n) is 5.66. The summed E-state index contributed by atoms with van der Waals surface area (Å²) in [5.74, 6) is 0.845. The van der Waals surface area contributed by atoms with Crippen molar-refractivity contribution in [2.45, 2.75) is 30.9 Å². The van der Waals surface area contributed by atoms with E-state index < -0.39 is 16.0 Å². The van der Waals surface area contributed by atoms with E-state index in [-0.39, 0.29) is 11.9 Å². The first-order valence-electron chi connectivity index (χ1n) is 7.86. The number of benzene rings is 2. The minimum atomic E-state index is -1.30. The van der Waals surface area contributed by atoms with Crippen molar-refractivity contribution in [1.82, 2.24) is 5.32 Å². The quantitative estimate of drug-likeness (QED) is 0.838. The number of carbonyl (C=O) groups excluding carboxylic acids is 1. The summed E-state index contributed by atoms with van der Waals surface area (Å²) in [7, 11) is 0.298. The van der Waals surface area contributed by atoms with Crippen LogP contribution >= 0.6 is 0 Å². The van der Waals surface area contributed by atoms with E-state index in [1.54, 1.807) is 14.0 Å². The molecule has 24 heavy (non-hydrogen) atoms. The largest absolute Gasteiger partial charge is 0.497 e. The number of ether oxygens (including phenoxy) is 1. The number of carbonyl (C=O) groups is 1. The van der Waals surface area contributed by atoms with Gasteiger partial charge in [0, 0.05) is 16.6 Å². The van der Waals surface area contributed by atoms with Crippen LogP contribution in [0.2, 0.25) is 0 Å². The second-order valence-corrected chi connectivity index (χ2v) is 7.42. The molecule has 0 aliphatic heterocycles. The molecule has 0 radical (unpaired) electrons. The summed E-state index contributed by atoms with van der Waals surface area (Å²) in [6.07, 6.45) is 0. The van der Waals surface area contributed by atoms with Gasteiger partial charge in [-0.3, -0.25) is 9.00 Å². The molecule has 1 N–H and O–H groups in total. The molecule has 3 unspecified atom stereocenters. The van der Waals surface area contributed by atoms with Crippen molar-refractivity contribution in [2.75, 3.05) is 7.11 Å². The second kappa shape index (κ2) is 8.64. The molecule has 0 aliphatic rings. The van der Waals surface area contributed by atoms with Gasteiger partial charge in [-0.2, -0.15) is 0 Å². The van der Waals surface area contributed by atoms with E-state index in [0.29, 0.717) is 5.75 Å². The Kier molecular flexibility index (Phi) is 6.55. The van der Waals surface area contributed by atoms with Gasteiger partial charge in [-0.25, -0.2) is 0 Å². The van der Waals surface area contributed by atoms with Crippen molar-refractivity contribution in [3.05, 3.63) is 65.7 Å². The van der Waals surface area contributed by atoms with E-state index in [1.807, 2.05) is 61.5 Å². The SMILES string of the molecule is COc1cccc(CS(=O)C(C)C(=O)NC(C)c2ccccc2)c1. The standard InChI is InChI=1S/C19H23NO3S/c1-14(17-9-5-4-6-10-17)20-19(21)15(2)24(22)13-16-8-7-11-18(12-16)23-3/h4-12,14-15H,13H2,1-3H3,(H,20,21). The lowest BCUT2D eigenvalue weighted by atomic mass is 10.1. The fourth-order valence-electron chi connectivity index (χ4n) is 2.33. The van der Waals surface area contributed by atoms with Crippen molar-refractivity contribution in [2.24, 2.45) is 0 Å². The summed E-state index contributed by atoms with van der Waals surface area (Å²) >= 11 is 0. The molecule has 0 aromatic heterocycles. The topological polar surface area (TPSA) is 55.4 Å². The van der Waals surface area contributed by atoms with Crippen LogP contribution in [0.15, 0.2) is 54.6 Å². The van der Waals surface area contributed by atoms with Crippen molar-refractivity contribution in [3.63, 3.8) is 0 Å². The van der Waals surface area contributed by atoms with Gasteiger partial charge < -0.3 is 10.1 Å². The maximum Gasteiger partial charge on any atom is 0.235 e. The van der Waals surface area contributed by atoms with Crippen LogP contribution in [0, 0.1) is 0 Å². The molecule has 0 saturated heterocycles. The van der Waals surface area contributed by atoms with E-state index in [9.17, 15) is 9.00 Å². The van der Waals surface area contributed by atoms with Crippen molar-refractivity contribution >= 4 is 16.7 Å². The zero-order chi connectivity index (χ0) is 17.5. The molecule has 0 aliphatic carbocycles. The van der Waals surface area contributed by atoms with Crippen LogP contribution in [0.1, 0.15) is 31.0 Å². The minimum absolute atomic E-state index is 0.116. The van der Waals surface area contributed by atoms with E-state index in [0.717, 1.165) is 16.9 Å². The molecule has 4 nitrogen and oxygen atoms in total. The molecule has 0 spiro atoms. The van der Waals surface area contributed by atoms with Gasteiger partial charge in [0.15, 0.2) is 0 Å². The Hall–Kier alpha value is -2.14.